The maximum Gasteiger partial charge on any atom is 0.417 e. The van der Waals surface area contributed by atoms with Crippen LogP contribution in [0.1, 0.15) is 71.2 Å². The fourth-order valence-corrected chi connectivity index (χ4v) is 4.08. The molecule has 12 heteroatoms. The van der Waals surface area contributed by atoms with Crippen molar-refractivity contribution in [3.63, 3.8) is 0 Å². The standard InChI is InChI=1S/C22H25F5N6S.C5H12.C2H6/c1-5-6-13-14-19(32-21(34-4)33-20(14)30-8-7-29-3)17(24)18(31-13)11-9-12(28)16(23)10(2)15(11)22(25,26)27;1-4-5(2)3;1-2/h9,29H,5-8,28H2,1-4H3,(H,30,32,33);5H,4H2,1-3H3;1-2H3. The molecule has 3 rings (SSSR count). The summed E-state index contributed by atoms with van der Waals surface area (Å²) < 4.78 is 72.0. The number of nitrogens with zero attached hydrogens (tertiary/aromatic N) is 3. The molecule has 1 aromatic carbocycles. The Hall–Kier alpha value is -2.73. The SMILES string of the molecule is CC.CCC(C)C.CCCc1nc(-c2cc(N)c(F)c(C)c2C(F)(F)F)c(F)c2nc(SC)nc(NCCNC)c12. The van der Waals surface area contributed by atoms with Gasteiger partial charge in [0, 0.05) is 18.7 Å². The summed E-state index contributed by atoms with van der Waals surface area (Å²) in [5.74, 6) is -1.03. The lowest BCUT2D eigenvalue weighted by Crippen LogP contribution is -2.19. The second-order valence-electron chi connectivity index (χ2n) is 9.41. The van der Waals surface area contributed by atoms with Gasteiger partial charge >= 0.3 is 6.18 Å². The number of likely N-dealkylation sites (N-methyl/N-ethyl adjacent to an activating group) is 1. The summed E-state index contributed by atoms with van der Waals surface area (Å²) in [6, 6.07) is 0.779. The first-order chi connectivity index (χ1) is 19.3. The van der Waals surface area contributed by atoms with Gasteiger partial charge in [-0.05, 0) is 44.2 Å². The fourth-order valence-electron chi connectivity index (χ4n) is 3.72. The number of aryl methyl sites for hydroxylation is 1. The fraction of sp³-hybridized carbons (Fsp3) is 0.552. The summed E-state index contributed by atoms with van der Waals surface area (Å²) in [6.45, 7) is 14.5. The summed E-state index contributed by atoms with van der Waals surface area (Å²) in [4.78, 5) is 13.0. The third-order valence-electron chi connectivity index (χ3n) is 6.06. The molecule has 0 atom stereocenters. The Balaban J connectivity index is 0.00000108. The maximum absolute atomic E-state index is 15.9. The van der Waals surface area contributed by atoms with E-state index in [9.17, 15) is 17.6 Å². The molecule has 4 N–H and O–H groups in total. The minimum Gasteiger partial charge on any atom is -0.396 e. The van der Waals surface area contributed by atoms with Crippen molar-refractivity contribution in [3.05, 3.63) is 34.5 Å². The van der Waals surface area contributed by atoms with Crippen LogP contribution in [0.2, 0.25) is 0 Å². The molecule has 3 aromatic rings. The van der Waals surface area contributed by atoms with Gasteiger partial charge in [-0.2, -0.15) is 13.2 Å². The van der Waals surface area contributed by atoms with Crippen molar-refractivity contribution >= 4 is 34.2 Å². The van der Waals surface area contributed by atoms with Crippen LogP contribution in [0.25, 0.3) is 22.2 Å². The average molecular weight is 603 g/mol. The highest BCUT2D eigenvalue weighted by Gasteiger charge is 2.39. The summed E-state index contributed by atoms with van der Waals surface area (Å²) in [6.07, 6.45) is -1.02. The number of anilines is 2. The van der Waals surface area contributed by atoms with E-state index >= 15 is 4.39 Å². The van der Waals surface area contributed by atoms with Gasteiger partial charge in [0.2, 0.25) is 0 Å². The van der Waals surface area contributed by atoms with Crippen LogP contribution < -0.4 is 16.4 Å². The van der Waals surface area contributed by atoms with Crippen LogP contribution in [0.5, 0.6) is 0 Å². The van der Waals surface area contributed by atoms with Gasteiger partial charge in [-0.25, -0.2) is 23.7 Å². The van der Waals surface area contributed by atoms with Gasteiger partial charge < -0.3 is 16.4 Å². The Morgan fingerprint density at radius 2 is 1.63 bits per heavy atom. The van der Waals surface area contributed by atoms with Crippen LogP contribution in [0.3, 0.4) is 0 Å². The molecular formula is C29H43F5N6S. The number of fused-ring (bicyclic) bond motifs is 1. The number of hydrogen-bond donors (Lipinski definition) is 3. The first kappa shape index (κ1) is 36.3. The van der Waals surface area contributed by atoms with Gasteiger partial charge in [0.25, 0.3) is 0 Å². The summed E-state index contributed by atoms with van der Waals surface area (Å²) in [5.41, 5.74) is 2.03. The largest absolute Gasteiger partial charge is 0.417 e. The van der Waals surface area contributed by atoms with Crippen molar-refractivity contribution in [2.45, 2.75) is 79.1 Å². The molecule has 2 heterocycles. The molecular weight excluding hydrogens is 559 g/mol. The predicted octanol–water partition coefficient (Wildman–Crippen LogP) is 8.26. The van der Waals surface area contributed by atoms with E-state index in [1.54, 1.807) is 13.3 Å². The molecule has 0 aliphatic carbocycles. The smallest absolute Gasteiger partial charge is 0.396 e. The molecule has 0 bridgehead atoms. The van der Waals surface area contributed by atoms with Crippen molar-refractivity contribution in [2.75, 3.05) is 37.4 Å². The van der Waals surface area contributed by atoms with Crippen LogP contribution in [-0.4, -0.2) is 41.3 Å². The number of halogens is 5. The highest BCUT2D eigenvalue weighted by Crippen LogP contribution is 2.43. The number of aromatic nitrogens is 3. The number of nitrogens with one attached hydrogen (secondary N) is 2. The minimum absolute atomic E-state index is 0.159. The van der Waals surface area contributed by atoms with Crippen molar-refractivity contribution in [1.29, 1.82) is 0 Å². The molecule has 6 nitrogen and oxygen atoms in total. The molecule has 0 amide bonds. The number of hydrogen-bond acceptors (Lipinski definition) is 7. The van der Waals surface area contributed by atoms with E-state index in [2.05, 4.69) is 46.4 Å². The van der Waals surface area contributed by atoms with Crippen molar-refractivity contribution in [1.82, 2.24) is 20.3 Å². The lowest BCUT2D eigenvalue weighted by Gasteiger charge is -2.20. The predicted molar refractivity (Wildman–Crippen MR) is 162 cm³/mol. The van der Waals surface area contributed by atoms with Crippen molar-refractivity contribution in [3.8, 4) is 11.3 Å². The molecule has 0 saturated heterocycles. The molecule has 230 valence electrons. The summed E-state index contributed by atoms with van der Waals surface area (Å²) in [7, 11) is 1.78. The van der Waals surface area contributed by atoms with E-state index in [1.807, 2.05) is 20.8 Å². The number of thioether (sulfide) groups is 1. The second-order valence-corrected chi connectivity index (χ2v) is 10.2. The van der Waals surface area contributed by atoms with E-state index in [1.165, 1.54) is 18.2 Å². The van der Waals surface area contributed by atoms with Gasteiger partial charge in [-0.15, -0.1) is 0 Å². The number of rotatable bonds is 9. The number of nitrogen functional groups attached to an aromatic ring is 1. The monoisotopic (exact) mass is 602 g/mol. The van der Waals surface area contributed by atoms with E-state index in [-0.39, 0.29) is 10.7 Å². The van der Waals surface area contributed by atoms with Crippen molar-refractivity contribution < 1.29 is 22.0 Å². The molecule has 0 radical (unpaired) electrons. The Labute approximate surface area is 244 Å². The second kappa shape index (κ2) is 16.6. The molecule has 0 aliphatic rings. The van der Waals surface area contributed by atoms with Crippen LogP contribution in [-0.2, 0) is 12.6 Å². The Kier molecular flexibility index (Phi) is 14.7. The number of pyridine rings is 1. The third-order valence-corrected chi connectivity index (χ3v) is 6.61. The minimum atomic E-state index is -4.96. The van der Waals surface area contributed by atoms with Gasteiger partial charge in [-0.1, -0.05) is 66.1 Å². The Bertz CT molecular complexity index is 1280. The zero-order valence-corrected chi connectivity index (χ0v) is 26.2. The number of nitrogens with two attached hydrogens (primary N) is 1. The molecule has 0 unspecified atom stereocenters. The van der Waals surface area contributed by atoms with E-state index in [4.69, 9.17) is 5.73 Å². The molecule has 0 saturated carbocycles. The van der Waals surface area contributed by atoms with Gasteiger partial charge in [-0.3, -0.25) is 0 Å². The van der Waals surface area contributed by atoms with Crippen LogP contribution >= 0.6 is 11.8 Å². The lowest BCUT2D eigenvalue weighted by atomic mass is 9.95. The molecule has 41 heavy (non-hydrogen) atoms. The Morgan fingerprint density at radius 3 is 2.12 bits per heavy atom. The molecule has 2 aromatic heterocycles. The van der Waals surface area contributed by atoms with Gasteiger partial charge in [0.15, 0.2) is 11.0 Å². The Morgan fingerprint density at radius 1 is 1.02 bits per heavy atom. The van der Waals surface area contributed by atoms with E-state index in [0.29, 0.717) is 42.8 Å². The zero-order valence-electron chi connectivity index (χ0n) is 25.4. The first-order valence-corrected chi connectivity index (χ1v) is 15.0. The quantitative estimate of drug-likeness (QED) is 0.0747. The summed E-state index contributed by atoms with van der Waals surface area (Å²) in [5, 5.41) is 6.65. The lowest BCUT2D eigenvalue weighted by molar-refractivity contribution is -0.137. The van der Waals surface area contributed by atoms with E-state index < -0.39 is 45.9 Å². The normalized spacial score (nSPS) is 11.2. The topological polar surface area (TPSA) is 88.8 Å². The van der Waals surface area contributed by atoms with Gasteiger partial charge in [0.05, 0.1) is 22.3 Å². The van der Waals surface area contributed by atoms with Crippen LogP contribution in [0.4, 0.5) is 33.5 Å². The average Bonchev–Trinajstić information content (AvgIpc) is 2.93. The van der Waals surface area contributed by atoms with Crippen molar-refractivity contribution in [2.24, 2.45) is 5.92 Å². The third kappa shape index (κ3) is 9.13. The summed E-state index contributed by atoms with van der Waals surface area (Å²) >= 11 is 1.17. The molecule has 0 spiro atoms. The van der Waals surface area contributed by atoms with Crippen LogP contribution in [0, 0.1) is 24.5 Å². The zero-order chi connectivity index (χ0) is 31.5. The van der Waals surface area contributed by atoms with E-state index in [0.717, 1.165) is 18.9 Å². The number of alkyl halides is 3. The molecule has 0 fully saturated rings. The first-order valence-electron chi connectivity index (χ1n) is 13.8. The number of benzene rings is 1. The highest BCUT2D eigenvalue weighted by atomic mass is 32.2. The van der Waals surface area contributed by atoms with Crippen LogP contribution in [0.15, 0.2) is 11.2 Å². The maximum atomic E-state index is 15.9. The molecule has 0 aliphatic heterocycles. The van der Waals surface area contributed by atoms with Gasteiger partial charge in [0.1, 0.15) is 22.8 Å². The highest BCUT2D eigenvalue weighted by molar-refractivity contribution is 7.98.